The molecule has 62 valence electrons. The Labute approximate surface area is 77.9 Å². The lowest BCUT2D eigenvalue weighted by Gasteiger charge is -1.88. The molecule has 0 saturated heterocycles. The van der Waals surface area contributed by atoms with Gasteiger partial charge in [0.05, 0.1) is 5.01 Å². The van der Waals surface area contributed by atoms with Crippen LogP contribution in [0.3, 0.4) is 0 Å². The summed E-state index contributed by atoms with van der Waals surface area (Å²) in [4.78, 5) is 9.32. The number of nitrogens with two attached hydrogens (primary N) is 1. The standard InChI is InChI=1S/C7H7N3S2/c8-7-10-4-5(12-7)3-6-9-1-2-11-6/h1-2,4H,3H2,(H2,8,10). The summed E-state index contributed by atoms with van der Waals surface area (Å²) < 4.78 is 0. The van der Waals surface area contributed by atoms with E-state index in [0.29, 0.717) is 5.13 Å². The van der Waals surface area contributed by atoms with E-state index in [0.717, 1.165) is 11.4 Å². The fraction of sp³-hybridized carbons (Fsp3) is 0.143. The van der Waals surface area contributed by atoms with Crippen molar-refractivity contribution in [3.63, 3.8) is 0 Å². The lowest BCUT2D eigenvalue weighted by molar-refractivity contribution is 1.16. The average molecular weight is 197 g/mol. The van der Waals surface area contributed by atoms with Crippen molar-refractivity contribution in [2.45, 2.75) is 6.42 Å². The third-order valence-corrected chi connectivity index (χ3v) is 2.99. The Morgan fingerprint density at radius 3 is 2.92 bits per heavy atom. The summed E-state index contributed by atoms with van der Waals surface area (Å²) in [6, 6.07) is 0. The van der Waals surface area contributed by atoms with E-state index in [9.17, 15) is 0 Å². The van der Waals surface area contributed by atoms with Gasteiger partial charge in [0.2, 0.25) is 0 Å². The zero-order chi connectivity index (χ0) is 8.39. The highest BCUT2D eigenvalue weighted by atomic mass is 32.1. The largest absolute Gasteiger partial charge is 0.375 e. The molecule has 0 aromatic carbocycles. The second-order valence-electron chi connectivity index (χ2n) is 2.27. The summed E-state index contributed by atoms with van der Waals surface area (Å²) in [6.07, 6.45) is 4.47. The quantitative estimate of drug-likeness (QED) is 0.798. The molecule has 2 N–H and O–H groups in total. The van der Waals surface area contributed by atoms with Gasteiger partial charge in [0.25, 0.3) is 0 Å². The first-order valence-corrected chi connectivity index (χ1v) is 5.13. The van der Waals surface area contributed by atoms with Gasteiger partial charge in [-0.05, 0) is 0 Å². The lowest BCUT2D eigenvalue weighted by atomic mass is 10.4. The van der Waals surface area contributed by atoms with Gasteiger partial charge in [-0.25, -0.2) is 9.97 Å². The van der Waals surface area contributed by atoms with Crippen LogP contribution in [0.5, 0.6) is 0 Å². The molecular formula is C7H7N3S2. The van der Waals surface area contributed by atoms with Crippen molar-refractivity contribution in [2.75, 3.05) is 5.73 Å². The molecule has 5 heteroatoms. The fourth-order valence-corrected chi connectivity index (χ4v) is 2.31. The second kappa shape index (κ2) is 3.20. The molecule has 0 spiro atoms. The third kappa shape index (κ3) is 1.62. The molecule has 12 heavy (non-hydrogen) atoms. The highest BCUT2D eigenvalue weighted by Gasteiger charge is 2.01. The van der Waals surface area contributed by atoms with Gasteiger partial charge in [-0.15, -0.1) is 22.7 Å². The molecule has 2 rings (SSSR count). The Bertz CT molecular complexity index is 352. The minimum Gasteiger partial charge on any atom is -0.375 e. The molecule has 0 aliphatic carbocycles. The SMILES string of the molecule is Nc1ncc(Cc2nccs2)s1. The third-order valence-electron chi connectivity index (χ3n) is 1.38. The first-order valence-electron chi connectivity index (χ1n) is 3.43. The summed E-state index contributed by atoms with van der Waals surface area (Å²) in [5, 5.41) is 3.71. The molecule has 0 aliphatic rings. The van der Waals surface area contributed by atoms with Crippen LogP contribution in [0, 0.1) is 0 Å². The van der Waals surface area contributed by atoms with Crippen molar-refractivity contribution in [1.82, 2.24) is 9.97 Å². The predicted molar refractivity (Wildman–Crippen MR) is 51.4 cm³/mol. The normalized spacial score (nSPS) is 10.3. The van der Waals surface area contributed by atoms with Crippen LogP contribution in [-0.4, -0.2) is 9.97 Å². The first kappa shape index (κ1) is 7.70. The molecule has 0 bridgehead atoms. The van der Waals surface area contributed by atoms with Crippen molar-refractivity contribution in [1.29, 1.82) is 0 Å². The summed E-state index contributed by atoms with van der Waals surface area (Å²) in [5.74, 6) is 0. The van der Waals surface area contributed by atoms with Crippen molar-refractivity contribution in [3.8, 4) is 0 Å². The van der Waals surface area contributed by atoms with Crippen molar-refractivity contribution >= 4 is 27.8 Å². The predicted octanol–water partition coefficient (Wildman–Crippen LogP) is 1.77. The Hall–Kier alpha value is -0.940. The highest BCUT2D eigenvalue weighted by Crippen LogP contribution is 2.19. The molecule has 0 fully saturated rings. The van der Waals surface area contributed by atoms with Crippen molar-refractivity contribution < 1.29 is 0 Å². The molecule has 2 aromatic heterocycles. The van der Waals surface area contributed by atoms with E-state index in [1.165, 1.54) is 16.2 Å². The van der Waals surface area contributed by atoms with E-state index >= 15 is 0 Å². The zero-order valence-corrected chi connectivity index (χ0v) is 7.86. The van der Waals surface area contributed by atoms with E-state index in [2.05, 4.69) is 9.97 Å². The minimum atomic E-state index is 0.626. The van der Waals surface area contributed by atoms with E-state index < -0.39 is 0 Å². The zero-order valence-electron chi connectivity index (χ0n) is 6.23. The number of thiazole rings is 2. The van der Waals surface area contributed by atoms with Crippen LogP contribution in [0.4, 0.5) is 5.13 Å². The summed E-state index contributed by atoms with van der Waals surface area (Å²) in [5.41, 5.74) is 5.50. The molecule has 2 aromatic rings. The number of nitrogen functional groups attached to an aromatic ring is 1. The van der Waals surface area contributed by atoms with E-state index in [1.807, 2.05) is 11.6 Å². The molecule has 0 radical (unpaired) electrons. The molecule has 0 aliphatic heterocycles. The van der Waals surface area contributed by atoms with Gasteiger partial charge in [0.15, 0.2) is 5.13 Å². The molecule has 0 amide bonds. The molecule has 2 heterocycles. The topological polar surface area (TPSA) is 51.8 Å². The number of nitrogens with zero attached hydrogens (tertiary/aromatic N) is 2. The maximum Gasteiger partial charge on any atom is 0.180 e. The summed E-state index contributed by atoms with van der Waals surface area (Å²) in [6.45, 7) is 0. The van der Waals surface area contributed by atoms with Gasteiger partial charge < -0.3 is 5.73 Å². The smallest absolute Gasteiger partial charge is 0.180 e. The van der Waals surface area contributed by atoms with Gasteiger partial charge in [0, 0.05) is 29.1 Å². The monoisotopic (exact) mass is 197 g/mol. The van der Waals surface area contributed by atoms with Crippen LogP contribution in [0.15, 0.2) is 17.8 Å². The number of hydrogen-bond acceptors (Lipinski definition) is 5. The first-order chi connectivity index (χ1) is 5.84. The fourth-order valence-electron chi connectivity index (χ4n) is 0.894. The van der Waals surface area contributed by atoms with Crippen LogP contribution >= 0.6 is 22.7 Å². The van der Waals surface area contributed by atoms with Gasteiger partial charge in [-0.3, -0.25) is 0 Å². The Kier molecular flexibility index (Phi) is 2.05. The molecule has 0 saturated carbocycles. The lowest BCUT2D eigenvalue weighted by Crippen LogP contribution is -1.80. The number of rotatable bonds is 2. The average Bonchev–Trinajstić information content (AvgIpc) is 2.63. The summed E-state index contributed by atoms with van der Waals surface area (Å²) >= 11 is 3.17. The number of anilines is 1. The van der Waals surface area contributed by atoms with Crippen LogP contribution in [0.2, 0.25) is 0 Å². The van der Waals surface area contributed by atoms with Gasteiger partial charge in [-0.1, -0.05) is 0 Å². The van der Waals surface area contributed by atoms with E-state index in [-0.39, 0.29) is 0 Å². The number of aromatic nitrogens is 2. The van der Waals surface area contributed by atoms with Crippen LogP contribution in [0.1, 0.15) is 9.88 Å². The molecule has 3 nitrogen and oxygen atoms in total. The number of hydrogen-bond donors (Lipinski definition) is 1. The van der Waals surface area contributed by atoms with Gasteiger partial charge in [0.1, 0.15) is 0 Å². The Morgan fingerprint density at radius 1 is 1.42 bits per heavy atom. The maximum atomic E-state index is 5.50. The highest BCUT2D eigenvalue weighted by molar-refractivity contribution is 7.15. The van der Waals surface area contributed by atoms with Crippen molar-refractivity contribution in [2.24, 2.45) is 0 Å². The molecular weight excluding hydrogens is 190 g/mol. The minimum absolute atomic E-state index is 0.626. The maximum absolute atomic E-state index is 5.50. The second-order valence-corrected chi connectivity index (χ2v) is 4.39. The molecule has 0 atom stereocenters. The summed E-state index contributed by atoms with van der Waals surface area (Å²) in [7, 11) is 0. The van der Waals surface area contributed by atoms with Crippen LogP contribution < -0.4 is 5.73 Å². The van der Waals surface area contributed by atoms with E-state index in [1.54, 1.807) is 17.5 Å². The van der Waals surface area contributed by atoms with Crippen LogP contribution in [0.25, 0.3) is 0 Å². The van der Waals surface area contributed by atoms with Crippen LogP contribution in [-0.2, 0) is 6.42 Å². The van der Waals surface area contributed by atoms with Gasteiger partial charge in [-0.2, -0.15) is 0 Å². The molecule has 0 unspecified atom stereocenters. The Morgan fingerprint density at radius 2 is 2.33 bits per heavy atom. The Balaban J connectivity index is 2.14. The van der Waals surface area contributed by atoms with Crippen molar-refractivity contribution in [3.05, 3.63) is 27.7 Å². The van der Waals surface area contributed by atoms with Gasteiger partial charge >= 0.3 is 0 Å². The van der Waals surface area contributed by atoms with E-state index in [4.69, 9.17) is 5.73 Å².